The molecular formula is C8H8N4O2S2. The van der Waals surface area contributed by atoms with E-state index in [0.29, 0.717) is 4.88 Å². The van der Waals surface area contributed by atoms with Crippen molar-refractivity contribution in [2.24, 2.45) is 7.05 Å². The number of thiophene rings is 1. The van der Waals surface area contributed by atoms with E-state index in [0.717, 1.165) is 0 Å². The van der Waals surface area contributed by atoms with E-state index in [4.69, 9.17) is 0 Å². The molecule has 0 aliphatic rings. The van der Waals surface area contributed by atoms with Crippen LogP contribution >= 0.6 is 11.3 Å². The van der Waals surface area contributed by atoms with Crippen LogP contribution in [-0.4, -0.2) is 36.0 Å². The van der Waals surface area contributed by atoms with Gasteiger partial charge in [0.2, 0.25) is 5.16 Å². The minimum absolute atomic E-state index is 0.0886. The van der Waals surface area contributed by atoms with Crippen molar-refractivity contribution >= 4 is 27.9 Å². The van der Waals surface area contributed by atoms with E-state index in [1.54, 1.807) is 24.6 Å². The third-order valence-corrected chi connectivity index (χ3v) is 4.03. The fourth-order valence-corrected chi connectivity index (χ4v) is 2.84. The SMILES string of the molecule is Cn1nnnc1S(=O)CC(=O)c1cccs1. The first-order chi connectivity index (χ1) is 7.68. The molecule has 0 saturated heterocycles. The molecule has 6 nitrogen and oxygen atoms in total. The second kappa shape index (κ2) is 4.62. The lowest BCUT2D eigenvalue weighted by molar-refractivity contribution is 0.102. The van der Waals surface area contributed by atoms with E-state index < -0.39 is 10.8 Å². The molecular weight excluding hydrogens is 248 g/mol. The van der Waals surface area contributed by atoms with Crippen LogP contribution in [0.4, 0.5) is 0 Å². The Morgan fingerprint density at radius 2 is 2.44 bits per heavy atom. The fraction of sp³-hybridized carbons (Fsp3) is 0.250. The summed E-state index contributed by atoms with van der Waals surface area (Å²) in [5.41, 5.74) is 0. The van der Waals surface area contributed by atoms with Gasteiger partial charge in [0.05, 0.1) is 10.6 Å². The summed E-state index contributed by atoms with van der Waals surface area (Å²) >= 11 is 1.33. The summed E-state index contributed by atoms with van der Waals surface area (Å²) in [7, 11) is 0.0916. The Labute approximate surface area is 97.7 Å². The number of aromatic nitrogens is 4. The lowest BCUT2D eigenvalue weighted by Gasteiger charge is -1.97. The van der Waals surface area contributed by atoms with Gasteiger partial charge in [-0.2, -0.15) is 0 Å². The number of rotatable bonds is 4. The first-order valence-corrected chi connectivity index (χ1v) is 6.56. The van der Waals surface area contributed by atoms with Crippen molar-refractivity contribution in [2.45, 2.75) is 5.16 Å². The Morgan fingerprint density at radius 1 is 1.62 bits per heavy atom. The summed E-state index contributed by atoms with van der Waals surface area (Å²) in [5.74, 6) is -0.245. The summed E-state index contributed by atoms with van der Waals surface area (Å²) in [6.45, 7) is 0. The maximum absolute atomic E-state index is 11.8. The smallest absolute Gasteiger partial charge is 0.239 e. The van der Waals surface area contributed by atoms with Crippen LogP contribution in [0, 0.1) is 0 Å². The van der Waals surface area contributed by atoms with Gasteiger partial charge in [-0.25, -0.2) is 4.68 Å². The Morgan fingerprint density at radius 3 is 3.00 bits per heavy atom. The van der Waals surface area contributed by atoms with Gasteiger partial charge in [0, 0.05) is 7.05 Å². The zero-order valence-electron chi connectivity index (χ0n) is 8.36. The van der Waals surface area contributed by atoms with E-state index in [9.17, 15) is 9.00 Å². The second-order valence-electron chi connectivity index (χ2n) is 2.98. The van der Waals surface area contributed by atoms with Crippen LogP contribution in [0.1, 0.15) is 9.67 Å². The lowest BCUT2D eigenvalue weighted by atomic mass is 10.4. The van der Waals surface area contributed by atoms with Crippen LogP contribution in [0.15, 0.2) is 22.7 Å². The van der Waals surface area contributed by atoms with Crippen LogP contribution < -0.4 is 0 Å². The average Bonchev–Trinajstić information content (AvgIpc) is 2.86. The van der Waals surface area contributed by atoms with E-state index in [1.165, 1.54) is 16.0 Å². The summed E-state index contributed by atoms with van der Waals surface area (Å²) in [6.07, 6.45) is 0. The van der Waals surface area contributed by atoms with Gasteiger partial charge in [-0.15, -0.1) is 11.3 Å². The normalized spacial score (nSPS) is 12.6. The van der Waals surface area contributed by atoms with Crippen molar-refractivity contribution in [1.82, 2.24) is 20.2 Å². The van der Waals surface area contributed by atoms with Crippen molar-refractivity contribution in [2.75, 3.05) is 5.75 Å². The molecule has 0 saturated carbocycles. The Kier molecular flexibility index (Phi) is 3.20. The predicted molar refractivity (Wildman–Crippen MR) is 58.7 cm³/mol. The molecule has 0 amide bonds. The van der Waals surface area contributed by atoms with Crippen LogP contribution in [0.3, 0.4) is 0 Å². The standard InChI is InChI=1S/C8H8N4O2S2/c1-12-8(9-10-11-12)16(14)5-6(13)7-3-2-4-15-7/h2-4H,5H2,1H3. The van der Waals surface area contributed by atoms with Crippen LogP contribution in [0.5, 0.6) is 0 Å². The largest absolute Gasteiger partial charge is 0.292 e. The summed E-state index contributed by atoms with van der Waals surface area (Å²) < 4.78 is 13.1. The molecule has 0 fully saturated rings. The topological polar surface area (TPSA) is 77.7 Å². The van der Waals surface area contributed by atoms with Gasteiger partial charge in [0.1, 0.15) is 10.8 Å². The highest BCUT2D eigenvalue weighted by molar-refractivity contribution is 7.85. The van der Waals surface area contributed by atoms with Gasteiger partial charge < -0.3 is 0 Å². The molecule has 2 rings (SSSR count). The van der Waals surface area contributed by atoms with Crippen LogP contribution in [-0.2, 0) is 17.8 Å². The quantitative estimate of drug-likeness (QED) is 0.733. The molecule has 0 spiro atoms. The molecule has 0 N–H and O–H groups in total. The van der Waals surface area contributed by atoms with E-state index in [2.05, 4.69) is 15.5 Å². The maximum atomic E-state index is 11.8. The molecule has 0 aliphatic heterocycles. The molecule has 0 aliphatic carbocycles. The van der Waals surface area contributed by atoms with E-state index >= 15 is 0 Å². The number of Topliss-reactive ketones (excluding diaryl/α,β-unsaturated/α-hetero) is 1. The molecule has 2 aromatic rings. The number of carbonyl (C=O) groups excluding carboxylic acids is 1. The third kappa shape index (κ3) is 2.22. The summed E-state index contributed by atoms with van der Waals surface area (Å²) in [5, 5.41) is 12.6. The van der Waals surface area contributed by atoms with Crippen LogP contribution in [0.2, 0.25) is 0 Å². The molecule has 2 heterocycles. The number of nitrogens with zero attached hydrogens (tertiary/aromatic N) is 4. The van der Waals surface area contributed by atoms with E-state index in [-0.39, 0.29) is 16.7 Å². The third-order valence-electron chi connectivity index (χ3n) is 1.84. The highest BCUT2D eigenvalue weighted by Crippen LogP contribution is 2.11. The van der Waals surface area contributed by atoms with Crippen molar-refractivity contribution in [1.29, 1.82) is 0 Å². The lowest BCUT2D eigenvalue weighted by Crippen LogP contribution is -2.13. The first kappa shape index (κ1) is 11.1. The molecule has 0 radical (unpaired) electrons. The number of carbonyl (C=O) groups is 1. The van der Waals surface area contributed by atoms with Gasteiger partial charge in [-0.05, 0) is 21.9 Å². The zero-order chi connectivity index (χ0) is 11.5. The molecule has 0 aromatic carbocycles. The van der Waals surface area contributed by atoms with Crippen LogP contribution in [0.25, 0.3) is 0 Å². The minimum Gasteiger partial charge on any atom is -0.292 e. The number of hydrogen-bond acceptors (Lipinski definition) is 6. The van der Waals surface area contributed by atoms with Gasteiger partial charge in [-0.3, -0.25) is 9.00 Å². The number of aryl methyl sites for hydroxylation is 1. The Hall–Kier alpha value is -1.41. The average molecular weight is 256 g/mol. The molecule has 2 aromatic heterocycles. The molecule has 1 atom stereocenters. The molecule has 16 heavy (non-hydrogen) atoms. The number of tetrazole rings is 1. The highest BCUT2D eigenvalue weighted by Gasteiger charge is 2.17. The first-order valence-electron chi connectivity index (χ1n) is 4.36. The highest BCUT2D eigenvalue weighted by atomic mass is 32.2. The van der Waals surface area contributed by atoms with Crippen molar-refractivity contribution in [3.8, 4) is 0 Å². The fourth-order valence-electron chi connectivity index (χ4n) is 1.11. The van der Waals surface area contributed by atoms with Gasteiger partial charge in [-0.1, -0.05) is 11.2 Å². The van der Waals surface area contributed by atoms with Crippen molar-refractivity contribution in [3.05, 3.63) is 22.4 Å². The maximum Gasteiger partial charge on any atom is 0.239 e. The van der Waals surface area contributed by atoms with Gasteiger partial charge >= 0.3 is 0 Å². The number of hydrogen-bond donors (Lipinski definition) is 0. The predicted octanol–water partition coefficient (Wildman–Crippen LogP) is 0.262. The zero-order valence-corrected chi connectivity index (χ0v) is 9.99. The van der Waals surface area contributed by atoms with Gasteiger partial charge in [0.25, 0.3) is 0 Å². The minimum atomic E-state index is -1.49. The van der Waals surface area contributed by atoms with Crippen molar-refractivity contribution < 1.29 is 9.00 Å². The molecule has 8 heteroatoms. The summed E-state index contributed by atoms with van der Waals surface area (Å²) in [6, 6.07) is 3.49. The van der Waals surface area contributed by atoms with E-state index in [1.807, 2.05) is 0 Å². The van der Waals surface area contributed by atoms with Gasteiger partial charge in [0.15, 0.2) is 5.78 Å². The number of ketones is 1. The summed E-state index contributed by atoms with van der Waals surface area (Å²) in [4.78, 5) is 12.3. The van der Waals surface area contributed by atoms with Crippen molar-refractivity contribution in [3.63, 3.8) is 0 Å². The Balaban J connectivity index is 2.09. The monoisotopic (exact) mass is 256 g/mol. The second-order valence-corrected chi connectivity index (χ2v) is 5.27. The molecule has 1 unspecified atom stereocenters. The molecule has 84 valence electrons. The Bertz CT molecular complexity index is 520. The molecule has 0 bridgehead atoms.